The van der Waals surface area contributed by atoms with Gasteiger partial charge in [0.1, 0.15) is 22.9 Å². The van der Waals surface area contributed by atoms with E-state index in [0.717, 1.165) is 18.1 Å². The molecule has 0 aromatic heterocycles. The van der Waals surface area contributed by atoms with Gasteiger partial charge in [-0.1, -0.05) is 30.3 Å². The maximum Gasteiger partial charge on any atom is 0.340 e. The smallest absolute Gasteiger partial charge is 0.340 e. The van der Waals surface area contributed by atoms with Crippen LogP contribution in [0.15, 0.2) is 84.9 Å². The van der Waals surface area contributed by atoms with E-state index in [2.05, 4.69) is 0 Å². The molecule has 0 aliphatic heterocycles. The fraction of sp³-hybridized carbons (Fsp3) is 0.162. The fourth-order valence-electron chi connectivity index (χ4n) is 5.04. The van der Waals surface area contributed by atoms with E-state index < -0.39 is 51.9 Å². The number of halogens is 1. The van der Waals surface area contributed by atoms with Gasteiger partial charge in [-0.25, -0.2) is 23.6 Å². The number of benzene rings is 4. The van der Waals surface area contributed by atoms with Crippen molar-refractivity contribution in [2.45, 2.75) is 25.7 Å². The number of carbonyl (C=O) groups excluding carboxylic acids is 1. The summed E-state index contributed by atoms with van der Waals surface area (Å²) in [7, 11) is 0. The highest BCUT2D eigenvalue weighted by Gasteiger charge is 2.29. The lowest BCUT2D eigenvalue weighted by molar-refractivity contribution is 0.0647. The number of unbranched alkanes of at least 4 members (excludes halogenated alkanes) is 3. The van der Waals surface area contributed by atoms with E-state index in [9.17, 15) is 48.8 Å². The van der Waals surface area contributed by atoms with Gasteiger partial charge in [-0.2, -0.15) is 0 Å². The van der Waals surface area contributed by atoms with Gasteiger partial charge in [0, 0.05) is 5.56 Å². The van der Waals surface area contributed by atoms with Crippen LogP contribution in [0.3, 0.4) is 0 Å². The molecule has 4 aromatic rings. The number of carboxylic acid groups (broad SMARTS) is 4. The van der Waals surface area contributed by atoms with E-state index in [0.29, 0.717) is 37.2 Å². The molecule has 0 unspecified atom stereocenters. The largest absolute Gasteiger partial charge is 0.494 e. The first-order valence-electron chi connectivity index (χ1n) is 15.0. The average molecular weight is 671 g/mol. The SMILES string of the molecule is O=C(C=Cc1ccc(OCCCCCCOc2ccc(-c3cccc(C(=O)O)c3C(=O)O)c(C(=O)O)c2C(=O)O)cc1)c1ccc(F)cc1. The molecule has 12 heteroatoms. The number of carbonyl (C=O) groups is 5. The summed E-state index contributed by atoms with van der Waals surface area (Å²) in [6.07, 6.45) is 5.76. The summed E-state index contributed by atoms with van der Waals surface area (Å²) >= 11 is 0. The van der Waals surface area contributed by atoms with Gasteiger partial charge in [0.2, 0.25) is 0 Å². The molecule has 0 atom stereocenters. The number of ketones is 1. The summed E-state index contributed by atoms with van der Waals surface area (Å²) in [6.45, 7) is 0.514. The lowest BCUT2D eigenvalue weighted by Gasteiger charge is -2.16. The predicted molar refractivity (Wildman–Crippen MR) is 175 cm³/mol. The van der Waals surface area contributed by atoms with E-state index >= 15 is 0 Å². The van der Waals surface area contributed by atoms with Crippen molar-refractivity contribution >= 4 is 35.7 Å². The van der Waals surface area contributed by atoms with Crippen LogP contribution in [0.25, 0.3) is 17.2 Å². The molecule has 11 nitrogen and oxygen atoms in total. The van der Waals surface area contributed by atoms with Gasteiger partial charge in [-0.15, -0.1) is 0 Å². The number of rotatable bonds is 17. The minimum absolute atomic E-state index is 0.0764. The van der Waals surface area contributed by atoms with Crippen molar-refractivity contribution in [3.8, 4) is 22.6 Å². The molecule has 0 spiro atoms. The zero-order chi connectivity index (χ0) is 35.5. The Morgan fingerprint density at radius 3 is 1.78 bits per heavy atom. The molecule has 4 aromatic carbocycles. The second-order valence-electron chi connectivity index (χ2n) is 10.7. The molecule has 0 heterocycles. The van der Waals surface area contributed by atoms with E-state index in [4.69, 9.17) is 9.47 Å². The molecule has 4 N–H and O–H groups in total. The van der Waals surface area contributed by atoms with Crippen LogP contribution in [0.5, 0.6) is 11.5 Å². The topological polar surface area (TPSA) is 185 Å². The first-order chi connectivity index (χ1) is 23.5. The maximum atomic E-state index is 13.0. The minimum Gasteiger partial charge on any atom is -0.494 e. The number of carboxylic acids is 4. The zero-order valence-corrected chi connectivity index (χ0v) is 25.9. The second kappa shape index (κ2) is 16.5. The first kappa shape index (κ1) is 35.6. The van der Waals surface area contributed by atoms with Crippen LogP contribution in [0.4, 0.5) is 4.39 Å². The van der Waals surface area contributed by atoms with Gasteiger partial charge in [-0.05, 0) is 103 Å². The molecule has 0 aliphatic rings. The zero-order valence-electron chi connectivity index (χ0n) is 25.9. The number of hydrogen-bond donors (Lipinski definition) is 4. The Morgan fingerprint density at radius 2 is 1.18 bits per heavy atom. The molecule has 252 valence electrons. The lowest BCUT2D eigenvalue weighted by atomic mass is 9.89. The van der Waals surface area contributed by atoms with Crippen molar-refractivity contribution in [1.29, 1.82) is 0 Å². The third-order valence-electron chi connectivity index (χ3n) is 7.39. The van der Waals surface area contributed by atoms with Gasteiger partial charge < -0.3 is 29.9 Å². The molecule has 0 saturated heterocycles. The normalized spacial score (nSPS) is 10.9. The lowest BCUT2D eigenvalue weighted by Crippen LogP contribution is -2.15. The van der Waals surface area contributed by atoms with Crippen LogP contribution < -0.4 is 9.47 Å². The highest BCUT2D eigenvalue weighted by molar-refractivity contribution is 6.12. The van der Waals surface area contributed by atoms with E-state index in [1.165, 1.54) is 54.6 Å². The Labute approximate surface area is 279 Å². The van der Waals surface area contributed by atoms with Crippen molar-refractivity contribution in [3.05, 3.63) is 124 Å². The first-order valence-corrected chi connectivity index (χ1v) is 15.0. The summed E-state index contributed by atoms with van der Waals surface area (Å²) < 4.78 is 24.5. The van der Waals surface area contributed by atoms with Crippen LogP contribution in [-0.4, -0.2) is 63.3 Å². The summed E-state index contributed by atoms with van der Waals surface area (Å²) in [4.78, 5) is 60.2. The summed E-state index contributed by atoms with van der Waals surface area (Å²) in [6, 6.07) is 18.4. The molecular weight excluding hydrogens is 639 g/mol. The quantitative estimate of drug-likeness (QED) is 0.0506. The van der Waals surface area contributed by atoms with Gasteiger partial charge in [0.25, 0.3) is 0 Å². The molecular formula is C37H31FO11. The van der Waals surface area contributed by atoms with Crippen LogP contribution in [0.2, 0.25) is 0 Å². The number of ether oxygens (including phenoxy) is 2. The summed E-state index contributed by atoms with van der Waals surface area (Å²) in [5.41, 5.74) is -2.03. The van der Waals surface area contributed by atoms with Gasteiger partial charge in [0.15, 0.2) is 5.78 Å². The predicted octanol–water partition coefficient (Wildman–Crippen LogP) is 7.20. The molecule has 0 fully saturated rings. The van der Waals surface area contributed by atoms with Crippen LogP contribution in [0.1, 0.15) is 83.0 Å². The van der Waals surface area contributed by atoms with Gasteiger partial charge in [0.05, 0.1) is 29.9 Å². The molecule has 0 amide bonds. The Kier molecular flexibility index (Phi) is 12.0. The highest BCUT2D eigenvalue weighted by atomic mass is 19.1. The van der Waals surface area contributed by atoms with Crippen molar-refractivity contribution in [2.75, 3.05) is 13.2 Å². The number of hydrogen-bond acceptors (Lipinski definition) is 7. The molecule has 0 saturated carbocycles. The van der Waals surface area contributed by atoms with E-state index in [-0.39, 0.29) is 29.3 Å². The molecule has 4 rings (SSSR count). The second-order valence-corrected chi connectivity index (χ2v) is 10.7. The fourth-order valence-corrected chi connectivity index (χ4v) is 5.04. The van der Waals surface area contributed by atoms with Crippen LogP contribution >= 0.6 is 0 Å². The van der Waals surface area contributed by atoms with Crippen molar-refractivity contribution < 1.29 is 58.3 Å². The third kappa shape index (κ3) is 9.16. The summed E-state index contributed by atoms with van der Waals surface area (Å²) in [5, 5.41) is 39.0. The minimum atomic E-state index is -1.65. The Morgan fingerprint density at radius 1 is 0.592 bits per heavy atom. The summed E-state index contributed by atoms with van der Waals surface area (Å²) in [5.74, 6) is -6.66. The molecule has 0 bridgehead atoms. The Hall–Kier alpha value is -6.30. The number of allylic oxidation sites excluding steroid dienone is 1. The van der Waals surface area contributed by atoms with E-state index in [1.807, 2.05) is 0 Å². The van der Waals surface area contributed by atoms with Gasteiger partial charge in [-0.3, -0.25) is 4.79 Å². The molecule has 49 heavy (non-hydrogen) atoms. The maximum absolute atomic E-state index is 13.0. The Balaban J connectivity index is 1.29. The average Bonchev–Trinajstić information content (AvgIpc) is 3.08. The van der Waals surface area contributed by atoms with Crippen LogP contribution in [-0.2, 0) is 0 Å². The van der Waals surface area contributed by atoms with Crippen molar-refractivity contribution in [3.63, 3.8) is 0 Å². The standard InChI is InChI=1S/C37H31FO11/c38-24-13-11-23(12-14-24)29(39)18-10-22-8-15-25(16-9-22)48-20-3-1-2-4-21-49-30-19-17-27(32(36(44)45)33(30)37(46)47)26-6-5-7-28(34(40)41)31(26)35(42)43/h5-19H,1-4,20-21H2,(H,40,41)(H,42,43)(H,44,45)(H,46,47). The molecule has 0 aliphatic carbocycles. The van der Waals surface area contributed by atoms with Crippen LogP contribution in [0, 0.1) is 5.82 Å². The highest BCUT2D eigenvalue weighted by Crippen LogP contribution is 2.36. The third-order valence-corrected chi connectivity index (χ3v) is 7.39. The number of aromatic carboxylic acids is 4. The van der Waals surface area contributed by atoms with Gasteiger partial charge >= 0.3 is 23.9 Å². The monoisotopic (exact) mass is 670 g/mol. The van der Waals surface area contributed by atoms with E-state index in [1.54, 1.807) is 30.3 Å². The molecule has 0 radical (unpaired) electrons. The van der Waals surface area contributed by atoms with Crippen molar-refractivity contribution in [2.24, 2.45) is 0 Å². The Bertz CT molecular complexity index is 1900. The van der Waals surface area contributed by atoms with Crippen molar-refractivity contribution in [1.82, 2.24) is 0 Å².